The van der Waals surface area contributed by atoms with Crippen molar-refractivity contribution in [2.24, 2.45) is 0 Å². The van der Waals surface area contributed by atoms with Crippen LogP contribution in [-0.4, -0.2) is 64.3 Å². The van der Waals surface area contributed by atoms with Crippen LogP contribution < -0.4 is 0 Å². The molecule has 1 saturated heterocycles. The van der Waals surface area contributed by atoms with Gasteiger partial charge in [-0.05, 0) is 27.7 Å². The average molecular weight is 296 g/mol. The minimum Gasteiger partial charge on any atom is -0.455 e. The van der Waals surface area contributed by atoms with Crippen LogP contribution in [0, 0.1) is 6.92 Å². The van der Waals surface area contributed by atoms with E-state index < -0.39 is 11.6 Å². The summed E-state index contributed by atoms with van der Waals surface area (Å²) in [7, 11) is 0. The van der Waals surface area contributed by atoms with E-state index in [4.69, 9.17) is 9.47 Å². The lowest BCUT2D eigenvalue weighted by molar-refractivity contribution is 0.00618. The first kappa shape index (κ1) is 15.9. The molecule has 7 heteroatoms. The number of ether oxygens (including phenoxy) is 2. The Kier molecular flexibility index (Phi) is 4.95. The Bertz CT molecular complexity index is 487. The van der Waals surface area contributed by atoms with Crippen molar-refractivity contribution in [2.45, 2.75) is 39.8 Å². The third-order valence-corrected chi connectivity index (χ3v) is 3.31. The highest BCUT2D eigenvalue weighted by atomic mass is 16.6. The number of morpholine rings is 1. The van der Waals surface area contributed by atoms with Crippen molar-refractivity contribution in [1.29, 1.82) is 0 Å². The lowest BCUT2D eigenvalue weighted by atomic mass is 10.2. The van der Waals surface area contributed by atoms with E-state index >= 15 is 0 Å². The standard InChI is InChI=1S/C14H24N4O3/c1-11-12(13(19)21-14(2,3)4)15-16-18(11)6-5-17-7-9-20-10-8-17/h5-10H2,1-4H3. The Labute approximate surface area is 125 Å². The van der Waals surface area contributed by atoms with Gasteiger partial charge < -0.3 is 9.47 Å². The van der Waals surface area contributed by atoms with Crippen LogP contribution in [0.2, 0.25) is 0 Å². The molecule has 1 aliphatic heterocycles. The largest absolute Gasteiger partial charge is 0.455 e. The van der Waals surface area contributed by atoms with Crippen molar-refractivity contribution < 1.29 is 14.3 Å². The monoisotopic (exact) mass is 296 g/mol. The molecule has 0 amide bonds. The normalized spacial score (nSPS) is 17.0. The van der Waals surface area contributed by atoms with Gasteiger partial charge in [0.1, 0.15) is 5.60 Å². The third-order valence-electron chi connectivity index (χ3n) is 3.31. The first-order chi connectivity index (χ1) is 9.87. The maximum absolute atomic E-state index is 12.0. The fourth-order valence-corrected chi connectivity index (χ4v) is 2.15. The minimum absolute atomic E-state index is 0.298. The molecule has 21 heavy (non-hydrogen) atoms. The summed E-state index contributed by atoms with van der Waals surface area (Å²) in [6.07, 6.45) is 0. The lowest BCUT2D eigenvalue weighted by Gasteiger charge is -2.26. The summed E-state index contributed by atoms with van der Waals surface area (Å²) < 4.78 is 12.4. The van der Waals surface area contributed by atoms with Crippen molar-refractivity contribution in [3.63, 3.8) is 0 Å². The number of aromatic nitrogens is 3. The number of hydrogen-bond donors (Lipinski definition) is 0. The summed E-state index contributed by atoms with van der Waals surface area (Å²) in [5.74, 6) is -0.419. The molecule has 0 N–H and O–H groups in total. The number of hydrogen-bond acceptors (Lipinski definition) is 6. The molecule has 1 aliphatic rings. The van der Waals surface area contributed by atoms with Crippen LogP contribution in [0.15, 0.2) is 0 Å². The number of rotatable bonds is 4. The van der Waals surface area contributed by atoms with Gasteiger partial charge in [-0.2, -0.15) is 0 Å². The first-order valence-electron chi connectivity index (χ1n) is 7.30. The molecule has 0 saturated carbocycles. The molecule has 0 aliphatic carbocycles. The molecule has 1 fully saturated rings. The molecule has 0 aromatic carbocycles. The fraction of sp³-hybridized carbons (Fsp3) is 0.786. The van der Waals surface area contributed by atoms with Crippen molar-refractivity contribution in [2.75, 3.05) is 32.8 Å². The molecule has 2 rings (SSSR count). The van der Waals surface area contributed by atoms with Crippen molar-refractivity contribution in [3.8, 4) is 0 Å². The zero-order valence-electron chi connectivity index (χ0n) is 13.3. The van der Waals surface area contributed by atoms with Gasteiger partial charge in [0.2, 0.25) is 0 Å². The SMILES string of the molecule is Cc1c(C(=O)OC(C)(C)C)nnn1CCN1CCOCC1. The Balaban J connectivity index is 1.94. The van der Waals surface area contributed by atoms with Crippen LogP contribution in [0.5, 0.6) is 0 Å². The Morgan fingerprint density at radius 3 is 2.57 bits per heavy atom. The molecule has 1 aromatic rings. The summed E-state index contributed by atoms with van der Waals surface area (Å²) in [6.45, 7) is 12.4. The van der Waals surface area contributed by atoms with Gasteiger partial charge in [-0.1, -0.05) is 5.21 Å². The molecular formula is C14H24N4O3. The van der Waals surface area contributed by atoms with E-state index in [0.717, 1.165) is 38.5 Å². The van der Waals surface area contributed by atoms with Gasteiger partial charge in [0.05, 0.1) is 25.5 Å². The highest BCUT2D eigenvalue weighted by Crippen LogP contribution is 2.13. The van der Waals surface area contributed by atoms with Gasteiger partial charge in [-0.3, -0.25) is 4.90 Å². The van der Waals surface area contributed by atoms with E-state index in [2.05, 4.69) is 15.2 Å². The molecular weight excluding hydrogens is 272 g/mol. The third kappa shape index (κ3) is 4.50. The maximum atomic E-state index is 12.0. The molecule has 2 heterocycles. The summed E-state index contributed by atoms with van der Waals surface area (Å²) in [4.78, 5) is 14.4. The van der Waals surface area contributed by atoms with E-state index in [1.807, 2.05) is 27.7 Å². The minimum atomic E-state index is -0.527. The molecule has 0 spiro atoms. The van der Waals surface area contributed by atoms with Crippen molar-refractivity contribution >= 4 is 5.97 Å². The van der Waals surface area contributed by atoms with Gasteiger partial charge in [-0.25, -0.2) is 9.48 Å². The van der Waals surface area contributed by atoms with Crippen LogP contribution in [-0.2, 0) is 16.0 Å². The number of nitrogens with zero attached hydrogens (tertiary/aromatic N) is 4. The molecule has 0 bridgehead atoms. The van der Waals surface area contributed by atoms with Crippen LogP contribution in [0.4, 0.5) is 0 Å². The smallest absolute Gasteiger partial charge is 0.361 e. The van der Waals surface area contributed by atoms with Gasteiger partial charge in [0, 0.05) is 19.6 Å². The van der Waals surface area contributed by atoms with E-state index in [0.29, 0.717) is 12.2 Å². The average Bonchev–Trinajstić information content (AvgIpc) is 2.77. The zero-order valence-corrected chi connectivity index (χ0v) is 13.3. The highest BCUT2D eigenvalue weighted by molar-refractivity contribution is 5.88. The van der Waals surface area contributed by atoms with Crippen LogP contribution in [0.3, 0.4) is 0 Å². The summed E-state index contributed by atoms with van der Waals surface area (Å²) >= 11 is 0. The van der Waals surface area contributed by atoms with Gasteiger partial charge in [0.25, 0.3) is 0 Å². The molecule has 1 aromatic heterocycles. The molecule has 0 radical (unpaired) electrons. The molecule has 118 valence electrons. The highest BCUT2D eigenvalue weighted by Gasteiger charge is 2.23. The molecule has 0 atom stereocenters. The second-order valence-electron chi connectivity index (χ2n) is 6.20. The summed E-state index contributed by atoms with van der Waals surface area (Å²) in [5, 5.41) is 8.02. The van der Waals surface area contributed by atoms with E-state index in [-0.39, 0.29) is 0 Å². The number of carbonyl (C=O) groups excluding carboxylic acids is 1. The predicted molar refractivity (Wildman–Crippen MR) is 77.2 cm³/mol. The Morgan fingerprint density at radius 1 is 1.29 bits per heavy atom. The lowest BCUT2D eigenvalue weighted by Crippen LogP contribution is -2.38. The van der Waals surface area contributed by atoms with Crippen LogP contribution >= 0.6 is 0 Å². The van der Waals surface area contributed by atoms with Gasteiger partial charge >= 0.3 is 5.97 Å². The fourth-order valence-electron chi connectivity index (χ4n) is 2.15. The van der Waals surface area contributed by atoms with E-state index in [1.165, 1.54) is 0 Å². The quantitative estimate of drug-likeness (QED) is 0.768. The van der Waals surface area contributed by atoms with E-state index in [1.54, 1.807) is 4.68 Å². The zero-order chi connectivity index (χ0) is 15.5. The summed E-state index contributed by atoms with van der Waals surface area (Å²) in [5.41, 5.74) is 0.519. The summed E-state index contributed by atoms with van der Waals surface area (Å²) in [6, 6.07) is 0. The Hall–Kier alpha value is -1.47. The van der Waals surface area contributed by atoms with Crippen molar-refractivity contribution in [3.05, 3.63) is 11.4 Å². The van der Waals surface area contributed by atoms with Crippen molar-refractivity contribution in [1.82, 2.24) is 19.9 Å². The predicted octanol–water partition coefficient (Wildman–Crippen LogP) is 0.874. The van der Waals surface area contributed by atoms with Gasteiger partial charge in [-0.15, -0.1) is 5.10 Å². The maximum Gasteiger partial charge on any atom is 0.361 e. The molecule has 7 nitrogen and oxygen atoms in total. The molecule has 0 unspecified atom stereocenters. The first-order valence-corrected chi connectivity index (χ1v) is 7.30. The van der Waals surface area contributed by atoms with Crippen LogP contribution in [0.1, 0.15) is 37.0 Å². The van der Waals surface area contributed by atoms with E-state index in [9.17, 15) is 4.79 Å². The second-order valence-corrected chi connectivity index (χ2v) is 6.20. The van der Waals surface area contributed by atoms with Gasteiger partial charge in [0.15, 0.2) is 5.69 Å². The Morgan fingerprint density at radius 2 is 1.95 bits per heavy atom. The topological polar surface area (TPSA) is 69.5 Å². The van der Waals surface area contributed by atoms with Crippen LogP contribution in [0.25, 0.3) is 0 Å². The number of carbonyl (C=O) groups is 1. The second kappa shape index (κ2) is 6.53. The number of esters is 1.